The van der Waals surface area contributed by atoms with Gasteiger partial charge in [-0.15, -0.1) is 0 Å². The third kappa shape index (κ3) is 2.12. The predicted molar refractivity (Wildman–Crippen MR) is 81.4 cm³/mol. The summed E-state index contributed by atoms with van der Waals surface area (Å²) >= 11 is 0. The second-order valence-corrected chi connectivity index (χ2v) is 8.35. The molecule has 124 valence electrons. The molecule has 1 aromatic carbocycles. The molecule has 0 unspecified atom stereocenters. The molecule has 3 N–H and O–H groups in total. The fraction of sp³-hybridized carbons (Fsp3) is 0.462. The standard InChI is InChI=1S/C13H15FN4O4S/c1-12(9-4-8(18(19)20)2-3-10(9)14)7-23(21,22)13(5-16-6-13)11(15)17-12/h2-4,16H,5-7H2,1H3,(H2,15,17)/t12-/m0/s1. The van der Waals surface area contributed by atoms with Crippen LogP contribution < -0.4 is 11.1 Å². The number of nitro benzene ring substituents is 1. The fourth-order valence-electron chi connectivity index (χ4n) is 3.00. The molecule has 2 aliphatic heterocycles. The Morgan fingerprint density at radius 1 is 1.43 bits per heavy atom. The van der Waals surface area contributed by atoms with Crippen LogP contribution in [0.1, 0.15) is 12.5 Å². The maximum Gasteiger partial charge on any atom is 0.270 e. The summed E-state index contributed by atoms with van der Waals surface area (Å²) in [6, 6.07) is 2.97. The number of aliphatic imine (C=N–C) groups is 1. The van der Waals surface area contributed by atoms with E-state index in [9.17, 15) is 22.9 Å². The Balaban J connectivity index is 2.17. The van der Waals surface area contributed by atoms with Crippen LogP contribution in [0.25, 0.3) is 0 Å². The third-order valence-electron chi connectivity index (χ3n) is 4.46. The Morgan fingerprint density at radius 2 is 2.09 bits per heavy atom. The van der Waals surface area contributed by atoms with Gasteiger partial charge >= 0.3 is 0 Å². The molecule has 0 aromatic heterocycles. The average molecular weight is 342 g/mol. The average Bonchev–Trinajstić information content (AvgIpc) is 2.34. The lowest BCUT2D eigenvalue weighted by Crippen LogP contribution is -2.73. The first-order chi connectivity index (χ1) is 10.6. The van der Waals surface area contributed by atoms with Crippen molar-refractivity contribution in [2.24, 2.45) is 10.7 Å². The van der Waals surface area contributed by atoms with Gasteiger partial charge in [0.15, 0.2) is 14.6 Å². The molecule has 10 heteroatoms. The Bertz CT molecular complexity index is 834. The number of rotatable bonds is 2. The topological polar surface area (TPSA) is 128 Å². The summed E-state index contributed by atoms with van der Waals surface area (Å²) in [5.41, 5.74) is 3.90. The highest BCUT2D eigenvalue weighted by Gasteiger charge is 2.58. The van der Waals surface area contributed by atoms with E-state index in [1.807, 2.05) is 0 Å². The number of nitrogens with zero attached hydrogens (tertiary/aromatic N) is 2. The molecule has 2 aliphatic rings. The molecule has 1 spiro atoms. The van der Waals surface area contributed by atoms with E-state index in [0.29, 0.717) is 0 Å². The molecule has 0 bridgehead atoms. The minimum Gasteiger partial charge on any atom is -0.386 e. The van der Waals surface area contributed by atoms with E-state index in [2.05, 4.69) is 10.3 Å². The zero-order valence-electron chi connectivity index (χ0n) is 12.2. The lowest BCUT2D eigenvalue weighted by molar-refractivity contribution is -0.385. The quantitative estimate of drug-likeness (QED) is 0.578. The van der Waals surface area contributed by atoms with Crippen LogP contribution in [0.15, 0.2) is 23.2 Å². The van der Waals surface area contributed by atoms with Gasteiger partial charge in [0.2, 0.25) is 0 Å². The predicted octanol–water partition coefficient (Wildman–Crippen LogP) is 0.0767. The van der Waals surface area contributed by atoms with Gasteiger partial charge in [-0.1, -0.05) is 0 Å². The van der Waals surface area contributed by atoms with E-state index in [-0.39, 0.29) is 30.2 Å². The van der Waals surface area contributed by atoms with Crippen molar-refractivity contribution in [1.29, 1.82) is 0 Å². The first-order valence-corrected chi connectivity index (χ1v) is 8.50. The van der Waals surface area contributed by atoms with Crippen LogP contribution >= 0.6 is 0 Å². The molecule has 0 amide bonds. The molecule has 0 aliphatic carbocycles. The Hall–Kier alpha value is -2.07. The molecule has 8 nitrogen and oxygen atoms in total. The highest BCUT2D eigenvalue weighted by atomic mass is 32.2. The van der Waals surface area contributed by atoms with Crippen molar-refractivity contribution < 1.29 is 17.7 Å². The molecular formula is C13H15FN4O4S. The monoisotopic (exact) mass is 342 g/mol. The lowest BCUT2D eigenvalue weighted by Gasteiger charge is -2.46. The highest BCUT2D eigenvalue weighted by Crippen LogP contribution is 2.40. The van der Waals surface area contributed by atoms with Gasteiger partial charge in [-0.05, 0) is 13.0 Å². The van der Waals surface area contributed by atoms with Crippen LogP contribution in [0.5, 0.6) is 0 Å². The molecule has 23 heavy (non-hydrogen) atoms. The number of hydrogen-bond acceptors (Lipinski definition) is 7. The number of non-ortho nitro benzene ring substituents is 1. The third-order valence-corrected chi connectivity index (χ3v) is 7.09. The van der Waals surface area contributed by atoms with E-state index in [1.165, 1.54) is 6.92 Å². The minimum atomic E-state index is -3.70. The van der Waals surface area contributed by atoms with Crippen LogP contribution in [-0.4, -0.2) is 42.8 Å². The minimum absolute atomic E-state index is 0.0871. The second kappa shape index (κ2) is 4.71. The molecule has 0 saturated carbocycles. The van der Waals surface area contributed by atoms with Crippen molar-refractivity contribution in [3.8, 4) is 0 Å². The molecule has 0 radical (unpaired) electrons. The summed E-state index contributed by atoms with van der Waals surface area (Å²) in [4.78, 5) is 14.5. The number of nitrogens with two attached hydrogens (primary N) is 1. The summed E-state index contributed by atoms with van der Waals surface area (Å²) in [5, 5.41) is 13.8. The maximum atomic E-state index is 14.2. The van der Waals surface area contributed by atoms with Crippen molar-refractivity contribution in [3.05, 3.63) is 39.7 Å². The molecule has 1 fully saturated rings. The number of benzene rings is 1. The van der Waals surface area contributed by atoms with Gasteiger partial charge in [0, 0.05) is 30.8 Å². The zero-order valence-corrected chi connectivity index (χ0v) is 13.1. The molecule has 2 heterocycles. The van der Waals surface area contributed by atoms with Crippen molar-refractivity contribution in [2.75, 3.05) is 18.8 Å². The number of hydrogen-bond donors (Lipinski definition) is 2. The van der Waals surface area contributed by atoms with E-state index in [0.717, 1.165) is 18.2 Å². The van der Waals surface area contributed by atoms with Gasteiger partial charge in [0.25, 0.3) is 5.69 Å². The summed E-state index contributed by atoms with van der Waals surface area (Å²) in [7, 11) is -3.70. The number of nitro groups is 1. The van der Waals surface area contributed by atoms with Gasteiger partial charge in [0.1, 0.15) is 17.2 Å². The van der Waals surface area contributed by atoms with E-state index in [1.54, 1.807) is 0 Å². The van der Waals surface area contributed by atoms with E-state index in [4.69, 9.17) is 5.73 Å². The van der Waals surface area contributed by atoms with E-state index < -0.39 is 36.6 Å². The van der Waals surface area contributed by atoms with Gasteiger partial charge in [0.05, 0.1) is 10.7 Å². The molecule has 1 saturated heterocycles. The van der Waals surface area contributed by atoms with Gasteiger partial charge < -0.3 is 11.1 Å². The van der Waals surface area contributed by atoms with Crippen molar-refractivity contribution >= 4 is 21.4 Å². The van der Waals surface area contributed by atoms with Crippen LogP contribution in [0.3, 0.4) is 0 Å². The van der Waals surface area contributed by atoms with Crippen molar-refractivity contribution in [1.82, 2.24) is 5.32 Å². The fourth-order valence-corrected chi connectivity index (χ4v) is 5.24. The van der Waals surface area contributed by atoms with Crippen LogP contribution in [0.4, 0.5) is 10.1 Å². The molecule has 1 atom stereocenters. The largest absolute Gasteiger partial charge is 0.386 e. The zero-order chi connectivity index (χ0) is 17.0. The SMILES string of the molecule is C[C@@]1(c2cc([N+](=O)[O-])ccc2F)CS(=O)(=O)C2(CNC2)C(N)=N1. The Kier molecular flexibility index (Phi) is 3.24. The van der Waals surface area contributed by atoms with E-state index >= 15 is 0 Å². The van der Waals surface area contributed by atoms with Crippen molar-refractivity contribution in [2.45, 2.75) is 17.2 Å². The maximum absolute atomic E-state index is 14.2. The van der Waals surface area contributed by atoms with Gasteiger partial charge in [-0.2, -0.15) is 0 Å². The molecular weight excluding hydrogens is 327 g/mol. The number of sulfone groups is 1. The summed E-state index contributed by atoms with van der Waals surface area (Å²) in [6.07, 6.45) is 0. The van der Waals surface area contributed by atoms with Crippen LogP contribution in [-0.2, 0) is 15.4 Å². The normalized spacial score (nSPS) is 28.0. The number of nitrogens with one attached hydrogen (secondary N) is 1. The molecule has 3 rings (SSSR count). The first-order valence-electron chi connectivity index (χ1n) is 6.85. The summed E-state index contributed by atoms with van der Waals surface area (Å²) < 4.78 is 38.3. The summed E-state index contributed by atoms with van der Waals surface area (Å²) in [5.74, 6) is -1.30. The van der Waals surface area contributed by atoms with Gasteiger partial charge in [-0.25, -0.2) is 12.8 Å². The first kappa shape index (κ1) is 15.8. The van der Waals surface area contributed by atoms with Crippen LogP contribution in [0.2, 0.25) is 0 Å². The Morgan fingerprint density at radius 3 is 2.57 bits per heavy atom. The van der Waals surface area contributed by atoms with Crippen LogP contribution in [0, 0.1) is 15.9 Å². The van der Waals surface area contributed by atoms with Gasteiger partial charge in [-0.3, -0.25) is 15.1 Å². The second-order valence-electron chi connectivity index (χ2n) is 6.05. The summed E-state index contributed by atoms with van der Waals surface area (Å²) in [6.45, 7) is 1.74. The lowest BCUT2D eigenvalue weighted by atomic mass is 9.91. The Labute approximate surface area is 131 Å². The smallest absolute Gasteiger partial charge is 0.270 e. The van der Waals surface area contributed by atoms with Crippen molar-refractivity contribution in [3.63, 3.8) is 0 Å². The highest BCUT2D eigenvalue weighted by molar-refractivity contribution is 7.93. The molecule has 1 aromatic rings. The number of amidine groups is 1. The number of halogens is 1.